The summed E-state index contributed by atoms with van der Waals surface area (Å²) in [6.45, 7) is 6.58. The van der Waals surface area contributed by atoms with Crippen LogP contribution in [0.4, 0.5) is 0 Å². The lowest BCUT2D eigenvalue weighted by Gasteiger charge is -2.32. The molecule has 1 saturated heterocycles. The minimum absolute atomic E-state index is 0.00187. The van der Waals surface area contributed by atoms with Gasteiger partial charge in [-0.1, -0.05) is 47.6 Å². The quantitative estimate of drug-likeness (QED) is 0.723. The molecule has 2 aromatic carbocycles. The van der Waals surface area contributed by atoms with Crippen LogP contribution in [0.25, 0.3) is 0 Å². The van der Waals surface area contributed by atoms with Crippen LogP contribution in [0.15, 0.2) is 65.8 Å². The molecular weight excluding hydrogens is 390 g/mol. The van der Waals surface area contributed by atoms with Crippen LogP contribution in [0.1, 0.15) is 41.3 Å². The normalized spacial score (nSPS) is 22.7. The topological polar surface area (TPSA) is 48.0 Å². The van der Waals surface area contributed by atoms with Crippen molar-refractivity contribution in [2.75, 3.05) is 26.3 Å². The molecule has 5 rings (SSSR count). The molecule has 0 spiro atoms. The van der Waals surface area contributed by atoms with Crippen LogP contribution < -0.4 is 9.47 Å². The third-order valence-electron chi connectivity index (χ3n) is 6.21. The Labute approximate surface area is 182 Å². The van der Waals surface area contributed by atoms with Gasteiger partial charge in [-0.25, -0.2) is 0 Å². The van der Waals surface area contributed by atoms with Crippen molar-refractivity contribution in [3.05, 3.63) is 82.5 Å². The van der Waals surface area contributed by atoms with E-state index in [0.717, 1.165) is 24.0 Å². The number of amides is 1. The zero-order valence-corrected chi connectivity index (χ0v) is 18.0. The Bertz CT molecular complexity index is 1060. The molecule has 1 unspecified atom stereocenters. The number of carbonyl (C=O) groups is 1. The van der Waals surface area contributed by atoms with Crippen LogP contribution in [0.2, 0.25) is 0 Å². The maximum absolute atomic E-state index is 13.0. The highest BCUT2D eigenvalue weighted by Crippen LogP contribution is 2.50. The molecule has 160 valence electrons. The number of nitrogens with zero attached hydrogens (tertiary/aromatic N) is 1. The van der Waals surface area contributed by atoms with E-state index >= 15 is 0 Å². The number of allylic oxidation sites excluding steroid dienone is 3. The molecule has 5 nitrogen and oxygen atoms in total. The molecule has 0 bridgehead atoms. The number of hydrogen-bond acceptors (Lipinski definition) is 4. The van der Waals surface area contributed by atoms with E-state index in [1.165, 1.54) is 11.1 Å². The molecule has 1 atom stereocenters. The Morgan fingerprint density at radius 2 is 1.65 bits per heavy atom. The summed E-state index contributed by atoms with van der Waals surface area (Å²) < 4.78 is 18.4. The third kappa shape index (κ3) is 3.63. The lowest BCUT2D eigenvalue weighted by Crippen LogP contribution is -2.40. The van der Waals surface area contributed by atoms with Crippen LogP contribution in [0.3, 0.4) is 0 Å². The largest absolute Gasteiger partial charge is 0.441 e. The summed E-state index contributed by atoms with van der Waals surface area (Å²) in [6, 6.07) is 13.8. The Morgan fingerprint density at radius 3 is 2.35 bits per heavy atom. The minimum atomic E-state index is -1.01. The van der Waals surface area contributed by atoms with Gasteiger partial charge in [0, 0.05) is 29.8 Å². The van der Waals surface area contributed by atoms with E-state index in [1.807, 2.05) is 23.1 Å². The highest BCUT2D eigenvalue weighted by Gasteiger charge is 2.47. The second-order valence-electron chi connectivity index (χ2n) is 8.46. The summed E-state index contributed by atoms with van der Waals surface area (Å²) in [5, 5.41) is 0. The van der Waals surface area contributed by atoms with Crippen molar-refractivity contribution in [3.8, 4) is 11.5 Å². The molecule has 3 aliphatic rings. The number of carbonyl (C=O) groups excluding carboxylic acids is 1. The fourth-order valence-electron chi connectivity index (χ4n) is 4.31. The SMILES string of the molecule is CC1=CC=C(C2(c3ccc(C)cc3)Oc3ccc(C(=O)N4CCOCC4)cc3O2)CC1. The maximum Gasteiger partial charge on any atom is 0.301 e. The number of benzene rings is 2. The van der Waals surface area contributed by atoms with E-state index in [9.17, 15) is 4.79 Å². The van der Waals surface area contributed by atoms with Gasteiger partial charge in [0.05, 0.1) is 13.2 Å². The fourth-order valence-corrected chi connectivity index (χ4v) is 4.31. The van der Waals surface area contributed by atoms with E-state index in [0.29, 0.717) is 43.4 Å². The standard InChI is InChI=1S/C26H27NO4/c1-18-3-8-21(9-4-18)26(22-10-5-19(2)6-11-22)30-23-12-7-20(17-24(23)31-26)25(28)27-13-15-29-16-14-27/h3-5,7-10,12,17H,6,11,13-16H2,1-2H3. The monoisotopic (exact) mass is 417 g/mol. The summed E-state index contributed by atoms with van der Waals surface area (Å²) >= 11 is 0. The first kappa shape index (κ1) is 19.9. The molecule has 1 amide bonds. The van der Waals surface area contributed by atoms with E-state index in [-0.39, 0.29) is 5.91 Å². The lowest BCUT2D eigenvalue weighted by molar-refractivity contribution is -0.0528. The second-order valence-corrected chi connectivity index (χ2v) is 8.46. The first-order valence-corrected chi connectivity index (χ1v) is 10.9. The Kier molecular flexibility index (Phi) is 5.06. The van der Waals surface area contributed by atoms with Gasteiger partial charge in [0.15, 0.2) is 11.5 Å². The molecule has 1 fully saturated rings. The molecule has 0 radical (unpaired) electrons. The Hall–Kier alpha value is -3.05. The first-order valence-electron chi connectivity index (χ1n) is 10.9. The molecule has 1 aliphatic carbocycles. The van der Waals surface area contributed by atoms with Crippen LogP contribution in [-0.4, -0.2) is 37.1 Å². The van der Waals surface area contributed by atoms with Crippen molar-refractivity contribution in [2.24, 2.45) is 0 Å². The van der Waals surface area contributed by atoms with Gasteiger partial charge in [-0.05, 0) is 44.9 Å². The average molecular weight is 418 g/mol. The van der Waals surface area contributed by atoms with Crippen molar-refractivity contribution < 1.29 is 19.0 Å². The summed E-state index contributed by atoms with van der Waals surface area (Å²) in [5.41, 5.74) is 5.17. The van der Waals surface area contributed by atoms with Gasteiger partial charge in [0.1, 0.15) is 0 Å². The van der Waals surface area contributed by atoms with Crippen LogP contribution in [0, 0.1) is 6.92 Å². The Morgan fingerprint density at radius 1 is 0.903 bits per heavy atom. The highest BCUT2D eigenvalue weighted by molar-refractivity contribution is 5.95. The number of ether oxygens (including phenoxy) is 3. The Balaban J connectivity index is 1.51. The number of rotatable bonds is 3. The van der Waals surface area contributed by atoms with Gasteiger partial charge in [0.2, 0.25) is 0 Å². The van der Waals surface area contributed by atoms with Crippen LogP contribution >= 0.6 is 0 Å². The van der Waals surface area contributed by atoms with Crippen molar-refractivity contribution >= 4 is 5.91 Å². The fraction of sp³-hybridized carbons (Fsp3) is 0.346. The van der Waals surface area contributed by atoms with E-state index in [1.54, 1.807) is 0 Å². The van der Waals surface area contributed by atoms with E-state index in [2.05, 4.69) is 50.3 Å². The predicted octanol–water partition coefficient (Wildman–Crippen LogP) is 4.76. The molecule has 0 saturated carbocycles. The summed E-state index contributed by atoms with van der Waals surface area (Å²) in [7, 11) is 0. The molecule has 2 aromatic rings. The molecule has 31 heavy (non-hydrogen) atoms. The summed E-state index contributed by atoms with van der Waals surface area (Å²) in [4.78, 5) is 14.8. The highest BCUT2D eigenvalue weighted by atomic mass is 16.7. The van der Waals surface area contributed by atoms with E-state index < -0.39 is 5.79 Å². The van der Waals surface area contributed by atoms with Crippen molar-refractivity contribution in [1.82, 2.24) is 4.90 Å². The first-order chi connectivity index (χ1) is 15.0. The van der Waals surface area contributed by atoms with Gasteiger partial charge in [-0.2, -0.15) is 0 Å². The molecule has 5 heteroatoms. The number of morpholine rings is 1. The van der Waals surface area contributed by atoms with Crippen LogP contribution in [-0.2, 0) is 10.5 Å². The van der Waals surface area contributed by atoms with Crippen LogP contribution in [0.5, 0.6) is 11.5 Å². The van der Waals surface area contributed by atoms with Gasteiger partial charge >= 0.3 is 5.79 Å². The zero-order valence-electron chi connectivity index (χ0n) is 18.0. The summed E-state index contributed by atoms with van der Waals surface area (Å²) in [6.07, 6.45) is 6.09. The van der Waals surface area contributed by atoms with Gasteiger partial charge in [0.25, 0.3) is 5.91 Å². The van der Waals surface area contributed by atoms with Crippen molar-refractivity contribution in [3.63, 3.8) is 0 Å². The molecular formula is C26H27NO4. The second kappa shape index (κ2) is 7.89. The van der Waals surface area contributed by atoms with Crippen molar-refractivity contribution in [1.29, 1.82) is 0 Å². The van der Waals surface area contributed by atoms with Crippen molar-refractivity contribution in [2.45, 2.75) is 32.5 Å². The molecule has 0 aromatic heterocycles. The smallest absolute Gasteiger partial charge is 0.301 e. The maximum atomic E-state index is 13.0. The molecule has 0 N–H and O–H groups in total. The van der Waals surface area contributed by atoms with Gasteiger partial charge in [-0.3, -0.25) is 4.79 Å². The predicted molar refractivity (Wildman–Crippen MR) is 118 cm³/mol. The third-order valence-corrected chi connectivity index (χ3v) is 6.21. The molecule has 2 heterocycles. The zero-order chi connectivity index (χ0) is 21.4. The van der Waals surface area contributed by atoms with E-state index in [4.69, 9.17) is 14.2 Å². The number of aryl methyl sites for hydroxylation is 1. The number of hydrogen-bond donors (Lipinski definition) is 0. The molecule has 2 aliphatic heterocycles. The minimum Gasteiger partial charge on any atom is -0.441 e. The summed E-state index contributed by atoms with van der Waals surface area (Å²) in [5.74, 6) is 0.254. The average Bonchev–Trinajstić information content (AvgIpc) is 3.20. The van der Waals surface area contributed by atoms with Gasteiger partial charge < -0.3 is 19.1 Å². The van der Waals surface area contributed by atoms with Gasteiger partial charge in [-0.15, -0.1) is 0 Å². The number of fused-ring (bicyclic) bond motifs is 1. The lowest BCUT2D eigenvalue weighted by atomic mass is 9.88.